The van der Waals surface area contributed by atoms with Crippen molar-refractivity contribution in [1.82, 2.24) is 15.1 Å². The summed E-state index contributed by atoms with van der Waals surface area (Å²) in [5.74, 6) is 0.520. The topological polar surface area (TPSA) is 73.9 Å². The first-order valence-electron chi connectivity index (χ1n) is 9.28. The number of hydrogen-bond donors (Lipinski definition) is 2. The molecule has 1 saturated heterocycles. The number of carbonyl (C=O) groups excluding carboxylic acids is 2. The summed E-state index contributed by atoms with van der Waals surface area (Å²) in [4.78, 5) is 28.5. The number of ether oxygens (including phenoxy) is 1. The van der Waals surface area contributed by atoms with Crippen LogP contribution in [0.1, 0.15) is 20.3 Å². The smallest absolute Gasteiger partial charge is 0.238 e. The van der Waals surface area contributed by atoms with Crippen molar-refractivity contribution < 1.29 is 14.3 Å². The zero-order valence-electron chi connectivity index (χ0n) is 16.3. The molecule has 1 heterocycles. The van der Waals surface area contributed by atoms with Gasteiger partial charge in [0.2, 0.25) is 11.8 Å². The van der Waals surface area contributed by atoms with E-state index in [1.54, 1.807) is 25.3 Å². The molecule has 0 bridgehead atoms. The van der Waals surface area contributed by atoms with Crippen LogP contribution in [0.15, 0.2) is 18.2 Å². The van der Waals surface area contributed by atoms with Crippen LogP contribution >= 0.6 is 11.6 Å². The third-order valence-corrected chi connectivity index (χ3v) is 4.89. The van der Waals surface area contributed by atoms with E-state index in [0.29, 0.717) is 29.5 Å². The molecule has 7 nitrogen and oxygen atoms in total. The van der Waals surface area contributed by atoms with Gasteiger partial charge >= 0.3 is 0 Å². The number of piperazine rings is 1. The minimum absolute atomic E-state index is 0.0589. The third kappa shape index (κ3) is 7.01. The summed E-state index contributed by atoms with van der Waals surface area (Å²) in [6.45, 7) is 7.78. The molecule has 2 rings (SSSR count). The third-order valence-electron chi connectivity index (χ3n) is 4.65. The zero-order chi connectivity index (χ0) is 19.8. The number of nitrogens with zero attached hydrogens (tertiary/aromatic N) is 2. The van der Waals surface area contributed by atoms with Gasteiger partial charge < -0.3 is 15.4 Å². The summed E-state index contributed by atoms with van der Waals surface area (Å²) >= 11 is 5.99. The number of amides is 2. The van der Waals surface area contributed by atoms with Crippen LogP contribution in [-0.2, 0) is 9.59 Å². The second-order valence-corrected chi connectivity index (χ2v) is 7.26. The fourth-order valence-electron chi connectivity index (χ4n) is 2.90. The molecule has 0 aromatic heterocycles. The van der Waals surface area contributed by atoms with Gasteiger partial charge in [-0.3, -0.25) is 19.4 Å². The van der Waals surface area contributed by atoms with Gasteiger partial charge in [0, 0.05) is 37.2 Å². The molecule has 0 unspecified atom stereocenters. The maximum absolute atomic E-state index is 12.3. The van der Waals surface area contributed by atoms with E-state index in [4.69, 9.17) is 16.3 Å². The molecule has 1 aromatic carbocycles. The van der Waals surface area contributed by atoms with Gasteiger partial charge in [-0.15, -0.1) is 0 Å². The average molecular weight is 397 g/mol. The van der Waals surface area contributed by atoms with E-state index in [9.17, 15) is 9.59 Å². The summed E-state index contributed by atoms with van der Waals surface area (Å²) in [6, 6.07) is 5.31. The largest absolute Gasteiger partial charge is 0.495 e. The summed E-state index contributed by atoms with van der Waals surface area (Å²) < 4.78 is 5.25. The molecule has 0 spiro atoms. The molecular formula is C19H29ClN4O3. The number of anilines is 1. The lowest BCUT2D eigenvalue weighted by Gasteiger charge is -2.34. The van der Waals surface area contributed by atoms with Crippen LogP contribution in [0.2, 0.25) is 5.02 Å². The number of nitrogens with one attached hydrogen (secondary N) is 2. The van der Waals surface area contributed by atoms with E-state index in [1.807, 2.05) is 13.8 Å². The molecule has 0 saturated carbocycles. The summed E-state index contributed by atoms with van der Waals surface area (Å²) in [6.07, 6.45) is 0.923. The monoisotopic (exact) mass is 396 g/mol. The number of halogens is 1. The Morgan fingerprint density at radius 1 is 1.15 bits per heavy atom. The SMILES string of the molecule is CC[C@@H](C)NC(=O)CN1CCN(CC(=O)Nc2cc(Cl)ccc2OC)CC1. The molecule has 1 aromatic rings. The average Bonchev–Trinajstić information content (AvgIpc) is 2.63. The van der Waals surface area contributed by atoms with Crippen molar-refractivity contribution in [3.8, 4) is 5.75 Å². The fraction of sp³-hybridized carbons (Fsp3) is 0.579. The molecule has 0 aliphatic carbocycles. The molecule has 1 fully saturated rings. The normalized spacial score (nSPS) is 16.6. The fourth-order valence-corrected chi connectivity index (χ4v) is 3.07. The standard InChI is InChI=1S/C19H29ClN4O3/c1-4-14(2)21-18(25)12-23-7-9-24(10-8-23)13-19(26)22-16-11-15(20)5-6-17(16)27-3/h5-6,11,14H,4,7-10,12-13H2,1-3H3,(H,21,25)(H,22,26)/t14-/m1/s1. The van der Waals surface area contributed by atoms with Gasteiger partial charge in [0.1, 0.15) is 5.75 Å². The van der Waals surface area contributed by atoms with Crippen molar-refractivity contribution in [2.75, 3.05) is 51.7 Å². The highest BCUT2D eigenvalue weighted by Crippen LogP contribution is 2.27. The highest BCUT2D eigenvalue weighted by atomic mass is 35.5. The molecule has 2 N–H and O–H groups in total. The molecule has 1 aliphatic rings. The Bertz CT molecular complexity index is 648. The molecule has 27 heavy (non-hydrogen) atoms. The Kier molecular flexibility index (Phi) is 8.34. The highest BCUT2D eigenvalue weighted by molar-refractivity contribution is 6.31. The van der Waals surface area contributed by atoms with E-state index in [1.165, 1.54) is 0 Å². The van der Waals surface area contributed by atoms with Gasteiger partial charge in [-0.1, -0.05) is 18.5 Å². The Hall–Kier alpha value is -1.83. The van der Waals surface area contributed by atoms with E-state index in [0.717, 1.165) is 32.6 Å². The summed E-state index contributed by atoms with van der Waals surface area (Å²) in [7, 11) is 1.55. The van der Waals surface area contributed by atoms with Gasteiger partial charge in [0.15, 0.2) is 0 Å². The zero-order valence-corrected chi connectivity index (χ0v) is 17.0. The van der Waals surface area contributed by atoms with E-state index in [-0.39, 0.29) is 17.9 Å². The predicted molar refractivity (Wildman–Crippen MR) is 107 cm³/mol. The van der Waals surface area contributed by atoms with Crippen molar-refractivity contribution in [3.63, 3.8) is 0 Å². The first-order valence-corrected chi connectivity index (χ1v) is 9.66. The quantitative estimate of drug-likeness (QED) is 0.701. The van der Waals surface area contributed by atoms with E-state index < -0.39 is 0 Å². The van der Waals surface area contributed by atoms with Crippen molar-refractivity contribution in [2.45, 2.75) is 26.3 Å². The molecule has 1 atom stereocenters. The van der Waals surface area contributed by atoms with Gasteiger partial charge in [0.05, 0.1) is 25.9 Å². The van der Waals surface area contributed by atoms with Crippen LogP contribution in [0.5, 0.6) is 5.75 Å². The van der Waals surface area contributed by atoms with E-state index >= 15 is 0 Å². The summed E-state index contributed by atoms with van der Waals surface area (Å²) in [5.41, 5.74) is 0.565. The van der Waals surface area contributed by atoms with Crippen molar-refractivity contribution in [1.29, 1.82) is 0 Å². The number of rotatable bonds is 8. The lowest BCUT2D eigenvalue weighted by atomic mass is 10.2. The van der Waals surface area contributed by atoms with Crippen LogP contribution in [0.3, 0.4) is 0 Å². The Labute approximate surface area is 166 Å². The van der Waals surface area contributed by atoms with Crippen molar-refractivity contribution in [3.05, 3.63) is 23.2 Å². The lowest BCUT2D eigenvalue weighted by Crippen LogP contribution is -2.51. The second kappa shape index (κ2) is 10.5. The van der Waals surface area contributed by atoms with Gasteiger partial charge in [-0.05, 0) is 31.5 Å². The molecule has 2 amide bonds. The van der Waals surface area contributed by atoms with Crippen molar-refractivity contribution in [2.24, 2.45) is 0 Å². The Balaban J connectivity index is 1.76. The number of methoxy groups -OCH3 is 1. The maximum atomic E-state index is 12.3. The molecule has 0 radical (unpaired) electrons. The predicted octanol–water partition coefficient (Wildman–Crippen LogP) is 1.82. The minimum atomic E-state index is -0.112. The van der Waals surface area contributed by atoms with Crippen LogP contribution in [0, 0.1) is 0 Å². The number of carbonyl (C=O) groups is 2. The molecule has 1 aliphatic heterocycles. The molecule has 150 valence electrons. The first-order chi connectivity index (χ1) is 12.9. The van der Waals surface area contributed by atoms with Gasteiger partial charge in [-0.2, -0.15) is 0 Å². The Morgan fingerprint density at radius 3 is 2.30 bits per heavy atom. The maximum Gasteiger partial charge on any atom is 0.238 e. The second-order valence-electron chi connectivity index (χ2n) is 6.82. The van der Waals surface area contributed by atoms with Crippen molar-refractivity contribution >= 4 is 29.1 Å². The molecule has 8 heteroatoms. The lowest BCUT2D eigenvalue weighted by molar-refractivity contribution is -0.124. The summed E-state index contributed by atoms with van der Waals surface area (Å²) in [5, 5.41) is 6.37. The Morgan fingerprint density at radius 2 is 1.74 bits per heavy atom. The van der Waals surface area contributed by atoms with Crippen LogP contribution < -0.4 is 15.4 Å². The van der Waals surface area contributed by atoms with E-state index in [2.05, 4.69) is 20.4 Å². The minimum Gasteiger partial charge on any atom is -0.495 e. The van der Waals surface area contributed by atoms with Gasteiger partial charge in [0.25, 0.3) is 0 Å². The van der Waals surface area contributed by atoms with Crippen LogP contribution in [-0.4, -0.2) is 74.0 Å². The number of benzene rings is 1. The van der Waals surface area contributed by atoms with Gasteiger partial charge in [-0.25, -0.2) is 0 Å². The van der Waals surface area contributed by atoms with Crippen LogP contribution in [0.25, 0.3) is 0 Å². The highest BCUT2D eigenvalue weighted by Gasteiger charge is 2.21. The number of hydrogen-bond acceptors (Lipinski definition) is 5. The first kappa shape index (κ1) is 21.5. The van der Waals surface area contributed by atoms with Crippen LogP contribution in [0.4, 0.5) is 5.69 Å². The molecular weight excluding hydrogens is 368 g/mol.